The van der Waals surface area contributed by atoms with Crippen LogP contribution in [0.5, 0.6) is 0 Å². The van der Waals surface area contributed by atoms with Crippen LogP contribution in [0, 0.1) is 6.92 Å². The van der Waals surface area contributed by atoms with Gasteiger partial charge >= 0.3 is 0 Å². The molecule has 0 fully saturated rings. The number of rotatable bonds is 3. The number of hydrogen-bond donors (Lipinski definition) is 2. The second kappa shape index (κ2) is 8.43. The van der Waals surface area contributed by atoms with Crippen molar-refractivity contribution in [3.63, 3.8) is 0 Å². The van der Waals surface area contributed by atoms with Gasteiger partial charge < -0.3 is 11.5 Å². The summed E-state index contributed by atoms with van der Waals surface area (Å²) in [5.74, 6) is 0.373. The number of aryl methyl sites for hydroxylation is 1. The van der Waals surface area contributed by atoms with Crippen molar-refractivity contribution >= 4 is 29.0 Å². The molecule has 2 rings (SSSR count). The summed E-state index contributed by atoms with van der Waals surface area (Å²) in [6.45, 7) is 8.11. The fraction of sp³-hybridized carbons (Fsp3) is 0.438. The number of pyridine rings is 1. The molecule has 0 saturated heterocycles. The van der Waals surface area contributed by atoms with Crippen LogP contribution in [-0.4, -0.2) is 20.5 Å². The first-order valence-corrected chi connectivity index (χ1v) is 8.15. The molecule has 23 heavy (non-hydrogen) atoms. The molecular formula is C16H23Cl2N5. The molecule has 2 heterocycles. The van der Waals surface area contributed by atoms with Crippen LogP contribution in [0.15, 0.2) is 18.5 Å². The summed E-state index contributed by atoms with van der Waals surface area (Å²) >= 11 is 11.9. The third kappa shape index (κ3) is 5.61. The lowest BCUT2D eigenvalue weighted by molar-refractivity contribution is 0.437. The number of halogens is 2. The van der Waals surface area contributed by atoms with Crippen molar-refractivity contribution in [2.45, 2.75) is 46.1 Å². The quantitative estimate of drug-likeness (QED) is 0.802. The predicted octanol–water partition coefficient (Wildman–Crippen LogP) is 4.26. The summed E-state index contributed by atoms with van der Waals surface area (Å²) in [7, 11) is 0. The SMILES string of the molecule is CCC(C)(N)CC.Cc1nc(N)cnc1-c1ccnc(Cl)c1Cl. The summed E-state index contributed by atoms with van der Waals surface area (Å²) in [5, 5.41) is 0.614. The van der Waals surface area contributed by atoms with Crippen LogP contribution in [0.4, 0.5) is 5.82 Å². The maximum Gasteiger partial charge on any atom is 0.148 e. The smallest absolute Gasteiger partial charge is 0.148 e. The molecule has 0 unspecified atom stereocenters. The molecule has 0 aliphatic carbocycles. The van der Waals surface area contributed by atoms with Gasteiger partial charge in [0.05, 0.1) is 22.6 Å². The average molecular weight is 356 g/mol. The normalized spacial score (nSPS) is 10.9. The van der Waals surface area contributed by atoms with Gasteiger partial charge in [0.2, 0.25) is 0 Å². The number of hydrogen-bond acceptors (Lipinski definition) is 5. The Balaban J connectivity index is 0.000000322. The van der Waals surface area contributed by atoms with Crippen molar-refractivity contribution < 1.29 is 0 Å². The van der Waals surface area contributed by atoms with Gasteiger partial charge in [0.25, 0.3) is 0 Å². The minimum absolute atomic E-state index is 0.0833. The van der Waals surface area contributed by atoms with Crippen molar-refractivity contribution in [3.05, 3.63) is 34.3 Å². The molecule has 2 aromatic heterocycles. The minimum atomic E-state index is 0.0833. The van der Waals surface area contributed by atoms with E-state index in [1.807, 2.05) is 6.92 Å². The van der Waals surface area contributed by atoms with E-state index in [1.165, 1.54) is 6.20 Å². The lowest BCUT2D eigenvalue weighted by atomic mass is 9.98. The van der Waals surface area contributed by atoms with E-state index in [0.717, 1.165) is 12.8 Å². The molecule has 0 bridgehead atoms. The molecule has 126 valence electrons. The van der Waals surface area contributed by atoms with E-state index in [0.29, 0.717) is 27.8 Å². The first-order valence-electron chi connectivity index (χ1n) is 7.40. The zero-order valence-electron chi connectivity index (χ0n) is 13.9. The van der Waals surface area contributed by atoms with E-state index < -0.39 is 0 Å². The highest BCUT2D eigenvalue weighted by Crippen LogP contribution is 2.31. The minimum Gasteiger partial charge on any atom is -0.382 e. The maximum atomic E-state index is 6.05. The molecule has 2 aromatic rings. The monoisotopic (exact) mass is 355 g/mol. The Bertz CT molecular complexity index is 653. The molecule has 0 radical (unpaired) electrons. The van der Waals surface area contributed by atoms with Gasteiger partial charge in [-0.2, -0.15) is 0 Å². The second-order valence-electron chi connectivity index (χ2n) is 5.55. The van der Waals surface area contributed by atoms with Crippen molar-refractivity contribution in [1.82, 2.24) is 15.0 Å². The Hall–Kier alpha value is -1.43. The summed E-state index contributed by atoms with van der Waals surface area (Å²) in [4.78, 5) is 12.2. The average Bonchev–Trinajstić information content (AvgIpc) is 2.51. The zero-order valence-corrected chi connectivity index (χ0v) is 15.4. The van der Waals surface area contributed by atoms with Crippen LogP contribution in [0.25, 0.3) is 11.3 Å². The summed E-state index contributed by atoms with van der Waals surface area (Å²) < 4.78 is 0. The first kappa shape index (κ1) is 19.6. The topological polar surface area (TPSA) is 90.7 Å². The third-order valence-electron chi connectivity index (χ3n) is 3.68. The van der Waals surface area contributed by atoms with Gasteiger partial charge in [-0.1, -0.05) is 37.0 Å². The molecule has 5 nitrogen and oxygen atoms in total. The highest BCUT2D eigenvalue weighted by atomic mass is 35.5. The molecule has 7 heteroatoms. The summed E-state index contributed by atoms with van der Waals surface area (Å²) in [5.41, 5.74) is 13.4. The van der Waals surface area contributed by atoms with Gasteiger partial charge in [-0.15, -0.1) is 0 Å². The van der Waals surface area contributed by atoms with Crippen LogP contribution in [0.2, 0.25) is 10.2 Å². The van der Waals surface area contributed by atoms with Gasteiger partial charge in [0, 0.05) is 17.3 Å². The van der Waals surface area contributed by atoms with Crippen molar-refractivity contribution in [2.75, 3.05) is 5.73 Å². The number of anilines is 1. The molecular weight excluding hydrogens is 333 g/mol. The van der Waals surface area contributed by atoms with E-state index in [9.17, 15) is 0 Å². The van der Waals surface area contributed by atoms with Gasteiger partial charge in [-0.25, -0.2) is 9.97 Å². The number of nitrogen functional groups attached to an aromatic ring is 1. The lowest BCUT2D eigenvalue weighted by Crippen LogP contribution is -2.33. The van der Waals surface area contributed by atoms with E-state index in [-0.39, 0.29) is 10.7 Å². The molecule has 0 aliphatic rings. The van der Waals surface area contributed by atoms with Gasteiger partial charge in [0.15, 0.2) is 0 Å². The Morgan fingerprint density at radius 1 is 1.17 bits per heavy atom. The van der Waals surface area contributed by atoms with Crippen molar-refractivity contribution in [1.29, 1.82) is 0 Å². The molecule has 4 N–H and O–H groups in total. The summed E-state index contributed by atoms with van der Waals surface area (Å²) in [6, 6.07) is 1.74. The van der Waals surface area contributed by atoms with E-state index in [4.69, 9.17) is 34.7 Å². The van der Waals surface area contributed by atoms with Crippen molar-refractivity contribution in [3.8, 4) is 11.3 Å². The van der Waals surface area contributed by atoms with Gasteiger partial charge in [-0.05, 0) is 32.8 Å². The van der Waals surface area contributed by atoms with Crippen LogP contribution < -0.4 is 11.5 Å². The largest absolute Gasteiger partial charge is 0.382 e. The highest BCUT2D eigenvalue weighted by Gasteiger charge is 2.12. The molecule has 0 aliphatic heterocycles. The molecule has 0 saturated carbocycles. The lowest BCUT2D eigenvalue weighted by Gasteiger charge is -2.18. The fourth-order valence-corrected chi connectivity index (χ4v) is 1.97. The van der Waals surface area contributed by atoms with Crippen LogP contribution >= 0.6 is 23.2 Å². The number of aromatic nitrogens is 3. The Kier molecular flexibility index (Phi) is 7.19. The van der Waals surface area contributed by atoms with Crippen LogP contribution in [-0.2, 0) is 0 Å². The first-order chi connectivity index (χ1) is 10.7. The Morgan fingerprint density at radius 3 is 2.26 bits per heavy atom. The van der Waals surface area contributed by atoms with Gasteiger partial charge in [0.1, 0.15) is 11.0 Å². The standard InChI is InChI=1S/C10H8Cl2N4.C6H15N/c1-5-9(15-4-7(13)16-5)6-2-3-14-10(12)8(6)11;1-4-6(3,7)5-2/h2-4H,1H3,(H2,13,16);4-5,7H2,1-3H3. The Morgan fingerprint density at radius 2 is 1.78 bits per heavy atom. The number of nitrogens with two attached hydrogens (primary N) is 2. The molecule has 0 atom stereocenters. The van der Waals surface area contributed by atoms with E-state index in [1.54, 1.807) is 12.3 Å². The van der Waals surface area contributed by atoms with Gasteiger partial charge in [-0.3, -0.25) is 4.98 Å². The second-order valence-corrected chi connectivity index (χ2v) is 6.29. The third-order valence-corrected chi connectivity index (χ3v) is 4.45. The molecule has 0 spiro atoms. The van der Waals surface area contributed by atoms with E-state index >= 15 is 0 Å². The van der Waals surface area contributed by atoms with Crippen LogP contribution in [0.1, 0.15) is 39.3 Å². The molecule has 0 aromatic carbocycles. The molecule has 0 amide bonds. The summed E-state index contributed by atoms with van der Waals surface area (Å²) in [6.07, 6.45) is 5.20. The van der Waals surface area contributed by atoms with Crippen LogP contribution in [0.3, 0.4) is 0 Å². The maximum absolute atomic E-state index is 6.05. The highest BCUT2D eigenvalue weighted by molar-refractivity contribution is 6.42. The predicted molar refractivity (Wildman–Crippen MR) is 97.6 cm³/mol. The fourth-order valence-electron chi connectivity index (χ4n) is 1.62. The number of nitrogens with zero attached hydrogens (tertiary/aromatic N) is 3. The van der Waals surface area contributed by atoms with Crippen molar-refractivity contribution in [2.24, 2.45) is 5.73 Å². The van der Waals surface area contributed by atoms with E-state index in [2.05, 4.69) is 35.7 Å². The zero-order chi connectivity index (χ0) is 17.6. The Labute approximate surface area is 147 Å².